The van der Waals surface area contributed by atoms with Gasteiger partial charge in [0.1, 0.15) is 0 Å². The zero-order chi connectivity index (χ0) is 28.0. The number of unbranched alkanes of at least 4 members (excludes halogenated alkanes) is 5. The molecule has 4 aliphatic carbocycles. The highest BCUT2D eigenvalue weighted by Crippen LogP contribution is 2.57. The minimum absolute atomic E-state index is 0.0470. The summed E-state index contributed by atoms with van der Waals surface area (Å²) in [5, 5.41) is 46.9. The van der Waals surface area contributed by atoms with E-state index in [1.54, 1.807) is 0 Å². The van der Waals surface area contributed by atoms with Crippen LogP contribution in [0.15, 0.2) is 24.3 Å². The zero-order valence-electron chi connectivity index (χ0n) is 22.0. The van der Waals surface area contributed by atoms with E-state index in [9.17, 15) is 30.0 Å². The Morgan fingerprint density at radius 2 is 0.900 bits per heavy atom. The van der Waals surface area contributed by atoms with Crippen LogP contribution in [-0.4, -0.2) is 55.2 Å². The molecule has 40 heavy (non-hydrogen) atoms. The average molecular weight is 555 g/mol. The molecule has 0 aromatic carbocycles. The van der Waals surface area contributed by atoms with Crippen molar-refractivity contribution in [2.45, 2.75) is 75.0 Å². The predicted octanol–water partition coefficient (Wildman–Crippen LogP) is 3.71. The van der Waals surface area contributed by atoms with Crippen LogP contribution in [0.1, 0.15) is 97.3 Å². The lowest BCUT2D eigenvalue weighted by molar-refractivity contribution is 0.107. The molecule has 4 aliphatic rings. The van der Waals surface area contributed by atoms with Gasteiger partial charge in [-0.05, 0) is 25.7 Å². The van der Waals surface area contributed by atoms with Crippen LogP contribution in [0.5, 0.6) is 23.5 Å². The Morgan fingerprint density at radius 1 is 0.600 bits per heavy atom. The summed E-state index contributed by atoms with van der Waals surface area (Å²) in [5.41, 5.74) is 2.54. The van der Waals surface area contributed by atoms with Crippen LogP contribution in [-0.2, 0) is 0 Å². The zero-order valence-corrected chi connectivity index (χ0v) is 22.0. The number of carbonyl (C=O) groups excluding carboxylic acids is 2. The maximum atomic E-state index is 12.1. The van der Waals surface area contributed by atoms with Gasteiger partial charge in [0.2, 0.25) is 23.5 Å². The molecule has 0 saturated heterocycles. The minimum atomic E-state index is -0.743. The van der Waals surface area contributed by atoms with Gasteiger partial charge in [-0.15, -0.1) is 9.46 Å². The summed E-state index contributed by atoms with van der Waals surface area (Å²) in [6.07, 6.45) is 13.3. The molecule has 4 atom stereocenters. The highest BCUT2D eigenvalue weighted by Gasteiger charge is 2.43. The molecule has 2 aromatic heterocycles. The van der Waals surface area contributed by atoms with Gasteiger partial charge in [-0.25, -0.2) is 9.59 Å². The van der Waals surface area contributed by atoms with E-state index >= 15 is 0 Å². The molecule has 2 amide bonds. The molecule has 0 spiro atoms. The molecule has 214 valence electrons. The minimum Gasteiger partial charge on any atom is -0.492 e. The number of allylic oxidation sites excluding steroid dienone is 4. The lowest BCUT2D eigenvalue weighted by atomic mass is 10.0. The Labute approximate surface area is 230 Å². The molecule has 12 heteroatoms. The molecule has 12 nitrogen and oxygen atoms in total. The number of hydrogen-bond acceptors (Lipinski definition) is 8. The lowest BCUT2D eigenvalue weighted by Gasteiger charge is -2.10. The third kappa shape index (κ3) is 4.40. The van der Waals surface area contributed by atoms with Gasteiger partial charge >= 0.3 is 12.2 Å². The Bertz CT molecular complexity index is 1210. The molecule has 6 N–H and O–H groups in total. The average Bonchev–Trinajstić information content (AvgIpc) is 3.78. The second-order valence-corrected chi connectivity index (χ2v) is 10.9. The third-order valence-electron chi connectivity index (χ3n) is 8.45. The first-order valence-corrected chi connectivity index (χ1v) is 14.0. The lowest BCUT2D eigenvalue weighted by Crippen LogP contribution is -2.32. The maximum absolute atomic E-state index is 12.1. The normalized spacial score (nSPS) is 22.5. The summed E-state index contributed by atoms with van der Waals surface area (Å²) in [6, 6.07) is 0. The molecule has 0 saturated carbocycles. The molecular weight excluding hydrogens is 520 g/mol. The van der Waals surface area contributed by atoms with Crippen molar-refractivity contribution in [3.8, 4) is 23.5 Å². The van der Waals surface area contributed by atoms with E-state index in [0.29, 0.717) is 35.3 Å². The fourth-order valence-electron chi connectivity index (χ4n) is 6.58. The van der Waals surface area contributed by atoms with Crippen LogP contribution in [0.4, 0.5) is 9.59 Å². The Balaban J connectivity index is 0.817. The predicted molar refractivity (Wildman–Crippen MR) is 142 cm³/mol. The van der Waals surface area contributed by atoms with Crippen molar-refractivity contribution in [3.63, 3.8) is 0 Å². The summed E-state index contributed by atoms with van der Waals surface area (Å²) in [7, 11) is 0. The largest absolute Gasteiger partial charge is 0.492 e. The number of amides is 2. The van der Waals surface area contributed by atoms with Crippen molar-refractivity contribution in [3.05, 3.63) is 46.6 Å². The maximum Gasteiger partial charge on any atom is 0.432 e. The molecule has 4 unspecified atom stereocenters. The van der Waals surface area contributed by atoms with E-state index in [1.165, 1.54) is 0 Å². The van der Waals surface area contributed by atoms with Crippen LogP contribution in [0.2, 0.25) is 0 Å². The molecule has 4 bridgehead atoms. The number of carbonyl (C=O) groups is 2. The number of nitrogens with zero attached hydrogens (tertiary/aromatic N) is 2. The van der Waals surface area contributed by atoms with E-state index in [1.807, 2.05) is 24.3 Å². The fourth-order valence-corrected chi connectivity index (χ4v) is 6.58. The van der Waals surface area contributed by atoms with E-state index < -0.39 is 12.2 Å². The first-order valence-electron chi connectivity index (χ1n) is 14.0. The van der Waals surface area contributed by atoms with Crippen molar-refractivity contribution >= 4 is 12.2 Å². The van der Waals surface area contributed by atoms with E-state index in [0.717, 1.165) is 60.8 Å². The number of aromatic hydroxyl groups is 4. The summed E-state index contributed by atoms with van der Waals surface area (Å²) >= 11 is 0. The third-order valence-corrected chi connectivity index (χ3v) is 8.45. The van der Waals surface area contributed by atoms with Crippen LogP contribution in [0, 0.1) is 0 Å². The Hall–Kier alpha value is -4.22. The van der Waals surface area contributed by atoms with Gasteiger partial charge in [0.25, 0.3) is 0 Å². The molecule has 0 aliphatic heterocycles. The first kappa shape index (κ1) is 26.0. The van der Waals surface area contributed by atoms with Gasteiger partial charge in [0.15, 0.2) is 0 Å². The Morgan fingerprint density at radius 3 is 1.23 bits per heavy atom. The van der Waals surface area contributed by atoms with Crippen LogP contribution >= 0.6 is 0 Å². The molecule has 2 heterocycles. The molecule has 2 aromatic rings. The van der Waals surface area contributed by atoms with Gasteiger partial charge < -0.3 is 40.7 Å². The number of rotatable bonds is 11. The molecular formula is C28H34N4O8. The van der Waals surface area contributed by atoms with Crippen molar-refractivity contribution in [2.24, 2.45) is 0 Å². The topological polar surface area (TPSA) is 167 Å². The van der Waals surface area contributed by atoms with Crippen molar-refractivity contribution in [1.82, 2.24) is 20.1 Å². The van der Waals surface area contributed by atoms with Crippen LogP contribution < -0.4 is 20.3 Å². The van der Waals surface area contributed by atoms with Crippen molar-refractivity contribution in [1.29, 1.82) is 0 Å². The summed E-state index contributed by atoms with van der Waals surface area (Å²) in [5.74, 6) is -0.717. The smallest absolute Gasteiger partial charge is 0.432 e. The quantitative estimate of drug-likeness (QED) is 0.181. The van der Waals surface area contributed by atoms with Crippen LogP contribution in [0.3, 0.4) is 0 Å². The van der Waals surface area contributed by atoms with E-state index in [-0.39, 0.29) is 47.2 Å². The van der Waals surface area contributed by atoms with Gasteiger partial charge in [-0.2, -0.15) is 0 Å². The number of aromatic nitrogens is 2. The van der Waals surface area contributed by atoms with Crippen molar-refractivity contribution in [2.75, 3.05) is 13.1 Å². The fraction of sp³-hybridized carbons (Fsp3) is 0.500. The van der Waals surface area contributed by atoms with Crippen LogP contribution in [0.25, 0.3) is 0 Å². The van der Waals surface area contributed by atoms with Gasteiger partial charge in [-0.1, -0.05) is 50.0 Å². The molecule has 0 radical (unpaired) electrons. The summed E-state index contributed by atoms with van der Waals surface area (Å²) in [4.78, 5) is 34.5. The highest BCUT2D eigenvalue weighted by atomic mass is 16.7. The second kappa shape index (κ2) is 10.4. The summed E-state index contributed by atoms with van der Waals surface area (Å²) in [6.45, 7) is 0.809. The first-order chi connectivity index (χ1) is 19.3. The second-order valence-electron chi connectivity index (χ2n) is 10.9. The van der Waals surface area contributed by atoms with E-state index in [4.69, 9.17) is 9.68 Å². The monoisotopic (exact) mass is 554 g/mol. The number of hydrogen-bond donors (Lipinski definition) is 6. The highest BCUT2D eigenvalue weighted by molar-refractivity contribution is 5.69. The SMILES string of the molecule is O=C(NCCCCCCCCNC(=O)On1c(O)c2c(c1O)C1C=CC2C1)On1c(O)c2c(c1O)C1C=CC2C1. The van der Waals surface area contributed by atoms with Gasteiger partial charge in [0.05, 0.1) is 0 Å². The number of fused-ring (bicyclic) bond motifs is 10. The standard InChI is InChI=1S/C28H34N4O8/c33-23-19-15-7-8-16(13-15)20(19)24(34)31(23)39-27(37)29-11-5-3-1-2-4-6-12-30-28(38)40-32-25(35)21-17-9-10-18(14-17)22(21)26(32)36/h7-10,15-18,33-36H,1-6,11-14H2,(H,29,37)(H,30,38). The number of nitrogens with one attached hydrogen (secondary N) is 2. The van der Waals surface area contributed by atoms with Gasteiger partial charge in [0, 0.05) is 59.0 Å². The Kier molecular flexibility index (Phi) is 6.77. The summed E-state index contributed by atoms with van der Waals surface area (Å²) < 4.78 is 1.60. The van der Waals surface area contributed by atoms with E-state index in [2.05, 4.69) is 10.6 Å². The molecule has 6 rings (SSSR count). The van der Waals surface area contributed by atoms with Crippen molar-refractivity contribution < 1.29 is 39.7 Å². The molecule has 0 fully saturated rings. The van der Waals surface area contributed by atoms with Gasteiger partial charge in [-0.3, -0.25) is 0 Å².